The molecule has 1 unspecified atom stereocenters. The number of carbonyl (C=O) groups is 1. The summed E-state index contributed by atoms with van der Waals surface area (Å²) in [4.78, 5) is 11.4. The number of benzene rings is 1. The molecule has 0 saturated heterocycles. The summed E-state index contributed by atoms with van der Waals surface area (Å²) in [5, 5.41) is 11.9. The first-order valence-corrected chi connectivity index (χ1v) is 6.29. The number of aliphatic hydroxyl groups is 1. The van der Waals surface area contributed by atoms with Crippen molar-refractivity contribution in [3.63, 3.8) is 0 Å². The quantitative estimate of drug-likeness (QED) is 0.691. The summed E-state index contributed by atoms with van der Waals surface area (Å²) in [6, 6.07) is 4.05. The van der Waals surface area contributed by atoms with Crippen LogP contribution in [0, 0.1) is 13.8 Å². The molecule has 0 heterocycles. The molecule has 1 atom stereocenters. The molecule has 0 aliphatic heterocycles. The van der Waals surface area contributed by atoms with Crippen LogP contribution in [0.1, 0.15) is 16.7 Å². The number of nitrogens with two attached hydrogens (primary N) is 1. The number of rotatable bonds is 6. The Morgan fingerprint density at radius 2 is 2.16 bits per heavy atom. The van der Waals surface area contributed by atoms with Crippen LogP contribution in [0.2, 0.25) is 0 Å². The first-order valence-electron chi connectivity index (χ1n) is 6.29. The zero-order valence-electron chi connectivity index (χ0n) is 11.7. The van der Waals surface area contributed by atoms with E-state index in [-0.39, 0.29) is 6.54 Å². The van der Waals surface area contributed by atoms with E-state index in [1.807, 2.05) is 19.9 Å². The van der Waals surface area contributed by atoms with Crippen LogP contribution in [0.4, 0.5) is 0 Å². The van der Waals surface area contributed by atoms with Gasteiger partial charge in [0.1, 0.15) is 11.9 Å². The zero-order valence-corrected chi connectivity index (χ0v) is 11.7. The second-order valence-corrected chi connectivity index (χ2v) is 4.56. The minimum Gasteiger partial charge on any atom is -0.496 e. The van der Waals surface area contributed by atoms with Gasteiger partial charge in [0, 0.05) is 13.1 Å². The minimum absolute atomic E-state index is 0.0707. The molecule has 1 rings (SSSR count). The van der Waals surface area contributed by atoms with Crippen molar-refractivity contribution in [2.45, 2.75) is 26.4 Å². The highest BCUT2D eigenvalue weighted by molar-refractivity contribution is 5.80. The van der Waals surface area contributed by atoms with Gasteiger partial charge in [0.15, 0.2) is 0 Å². The molecular formula is C14H22N2O3. The molecule has 1 aromatic rings. The SMILES string of the molecule is COc1cc(C)cc(C)c1CCNC(=O)C(O)CN. The number of hydrogen-bond donors (Lipinski definition) is 3. The van der Waals surface area contributed by atoms with E-state index in [4.69, 9.17) is 10.5 Å². The summed E-state index contributed by atoms with van der Waals surface area (Å²) < 4.78 is 5.35. The maximum atomic E-state index is 11.4. The van der Waals surface area contributed by atoms with Crippen molar-refractivity contribution in [1.82, 2.24) is 5.32 Å². The van der Waals surface area contributed by atoms with Gasteiger partial charge in [-0.15, -0.1) is 0 Å². The molecule has 5 nitrogen and oxygen atoms in total. The highest BCUT2D eigenvalue weighted by atomic mass is 16.5. The molecule has 0 radical (unpaired) electrons. The van der Waals surface area contributed by atoms with Crippen LogP contribution in [0.3, 0.4) is 0 Å². The largest absolute Gasteiger partial charge is 0.496 e. The fraction of sp³-hybridized carbons (Fsp3) is 0.500. The number of aryl methyl sites for hydroxylation is 2. The molecule has 0 fully saturated rings. The molecule has 1 amide bonds. The van der Waals surface area contributed by atoms with Crippen LogP contribution in [-0.4, -0.2) is 37.3 Å². The number of amides is 1. The van der Waals surface area contributed by atoms with Gasteiger partial charge in [0.05, 0.1) is 7.11 Å². The van der Waals surface area contributed by atoms with E-state index >= 15 is 0 Å². The summed E-state index contributed by atoms with van der Waals surface area (Å²) in [7, 11) is 1.63. The predicted molar refractivity (Wildman–Crippen MR) is 74.2 cm³/mol. The minimum atomic E-state index is -1.14. The number of ether oxygens (including phenoxy) is 1. The number of nitrogens with one attached hydrogen (secondary N) is 1. The second-order valence-electron chi connectivity index (χ2n) is 4.56. The average molecular weight is 266 g/mol. The van der Waals surface area contributed by atoms with E-state index in [0.717, 1.165) is 22.4 Å². The normalized spacial score (nSPS) is 12.1. The summed E-state index contributed by atoms with van der Waals surface area (Å²) in [5.41, 5.74) is 8.55. The fourth-order valence-electron chi connectivity index (χ4n) is 2.00. The first-order chi connectivity index (χ1) is 8.99. The van der Waals surface area contributed by atoms with Crippen molar-refractivity contribution in [2.24, 2.45) is 5.73 Å². The fourth-order valence-corrected chi connectivity index (χ4v) is 2.00. The molecule has 4 N–H and O–H groups in total. The van der Waals surface area contributed by atoms with E-state index in [0.29, 0.717) is 13.0 Å². The monoisotopic (exact) mass is 266 g/mol. The average Bonchev–Trinajstić information content (AvgIpc) is 2.39. The standard InChI is InChI=1S/C14H22N2O3/c1-9-6-10(2)11(13(7-9)19-3)4-5-16-14(18)12(17)8-15/h6-7,12,17H,4-5,8,15H2,1-3H3,(H,16,18). The molecule has 0 bridgehead atoms. The number of aliphatic hydroxyl groups excluding tert-OH is 1. The summed E-state index contributed by atoms with van der Waals surface area (Å²) >= 11 is 0. The zero-order chi connectivity index (χ0) is 14.4. The highest BCUT2D eigenvalue weighted by Gasteiger charge is 2.13. The van der Waals surface area contributed by atoms with Gasteiger partial charge in [-0.25, -0.2) is 0 Å². The van der Waals surface area contributed by atoms with E-state index in [2.05, 4.69) is 11.4 Å². The van der Waals surface area contributed by atoms with Crippen molar-refractivity contribution in [3.8, 4) is 5.75 Å². The predicted octanol–water partition coefficient (Wildman–Crippen LogP) is 0.290. The van der Waals surface area contributed by atoms with Gasteiger partial charge in [0.2, 0.25) is 5.91 Å². The van der Waals surface area contributed by atoms with Crippen LogP contribution < -0.4 is 15.8 Å². The molecule has 106 valence electrons. The van der Waals surface area contributed by atoms with Crippen molar-refractivity contribution in [1.29, 1.82) is 0 Å². The molecule has 0 aliphatic rings. The van der Waals surface area contributed by atoms with Crippen molar-refractivity contribution >= 4 is 5.91 Å². The summed E-state index contributed by atoms with van der Waals surface area (Å²) in [6.45, 7) is 4.40. The van der Waals surface area contributed by atoms with E-state index < -0.39 is 12.0 Å². The molecule has 0 aromatic heterocycles. The van der Waals surface area contributed by atoms with Crippen molar-refractivity contribution < 1.29 is 14.6 Å². The lowest BCUT2D eigenvalue weighted by atomic mass is 10.0. The lowest BCUT2D eigenvalue weighted by molar-refractivity contribution is -0.128. The van der Waals surface area contributed by atoms with Gasteiger partial charge < -0.3 is 20.9 Å². The van der Waals surface area contributed by atoms with Gasteiger partial charge in [-0.1, -0.05) is 6.07 Å². The Balaban J connectivity index is 2.65. The Kier molecular flexibility index (Phi) is 5.79. The molecule has 1 aromatic carbocycles. The molecule has 0 saturated carbocycles. The Bertz CT molecular complexity index is 447. The Labute approximate surface area is 113 Å². The van der Waals surface area contributed by atoms with Crippen LogP contribution in [0.25, 0.3) is 0 Å². The molecule has 19 heavy (non-hydrogen) atoms. The van der Waals surface area contributed by atoms with Crippen molar-refractivity contribution in [2.75, 3.05) is 20.2 Å². The van der Waals surface area contributed by atoms with Gasteiger partial charge in [0.25, 0.3) is 0 Å². The van der Waals surface area contributed by atoms with Gasteiger partial charge in [-0.2, -0.15) is 0 Å². The van der Waals surface area contributed by atoms with Crippen LogP contribution in [0.15, 0.2) is 12.1 Å². The summed E-state index contributed by atoms with van der Waals surface area (Å²) in [6.07, 6.45) is -0.487. The van der Waals surface area contributed by atoms with Crippen LogP contribution in [0.5, 0.6) is 5.75 Å². The first kappa shape index (κ1) is 15.5. The summed E-state index contributed by atoms with van der Waals surface area (Å²) in [5.74, 6) is 0.386. The Morgan fingerprint density at radius 1 is 1.47 bits per heavy atom. The third-order valence-electron chi connectivity index (χ3n) is 3.00. The maximum absolute atomic E-state index is 11.4. The van der Waals surface area contributed by atoms with Gasteiger partial charge in [-0.3, -0.25) is 4.79 Å². The number of carbonyl (C=O) groups excluding carboxylic acids is 1. The molecule has 5 heteroatoms. The third kappa shape index (κ3) is 4.22. The van der Waals surface area contributed by atoms with Crippen LogP contribution >= 0.6 is 0 Å². The lowest BCUT2D eigenvalue weighted by Crippen LogP contribution is -2.40. The topological polar surface area (TPSA) is 84.6 Å². The van der Waals surface area contributed by atoms with Gasteiger partial charge in [-0.05, 0) is 43.0 Å². The Hall–Kier alpha value is -1.59. The Morgan fingerprint density at radius 3 is 2.74 bits per heavy atom. The van der Waals surface area contributed by atoms with E-state index in [1.165, 1.54) is 0 Å². The lowest BCUT2D eigenvalue weighted by Gasteiger charge is -2.14. The second kappa shape index (κ2) is 7.11. The van der Waals surface area contributed by atoms with Gasteiger partial charge >= 0.3 is 0 Å². The number of hydrogen-bond acceptors (Lipinski definition) is 4. The third-order valence-corrected chi connectivity index (χ3v) is 3.00. The van der Waals surface area contributed by atoms with Crippen molar-refractivity contribution in [3.05, 3.63) is 28.8 Å². The molecule has 0 spiro atoms. The molecule has 0 aliphatic carbocycles. The molecular weight excluding hydrogens is 244 g/mol. The van der Waals surface area contributed by atoms with Crippen LogP contribution in [-0.2, 0) is 11.2 Å². The number of methoxy groups -OCH3 is 1. The van der Waals surface area contributed by atoms with E-state index in [1.54, 1.807) is 7.11 Å². The smallest absolute Gasteiger partial charge is 0.250 e. The maximum Gasteiger partial charge on any atom is 0.250 e. The van der Waals surface area contributed by atoms with E-state index in [9.17, 15) is 9.90 Å². The highest BCUT2D eigenvalue weighted by Crippen LogP contribution is 2.24.